The Morgan fingerprint density at radius 2 is 2.47 bits per heavy atom. The van der Waals surface area contributed by atoms with Crippen LogP contribution in [0.15, 0.2) is 22.8 Å². The molecule has 2 heterocycles. The first-order valence-electron chi connectivity index (χ1n) is 4.55. The Labute approximate surface area is 101 Å². The van der Waals surface area contributed by atoms with Crippen LogP contribution in [-0.2, 0) is 0 Å². The lowest BCUT2D eigenvalue weighted by Gasteiger charge is -1.97. The summed E-state index contributed by atoms with van der Waals surface area (Å²) < 4.78 is 2.71. The normalized spacial score (nSPS) is 10.8. The van der Waals surface area contributed by atoms with E-state index in [1.54, 1.807) is 16.3 Å². The van der Waals surface area contributed by atoms with Crippen LogP contribution in [0.25, 0.3) is 5.65 Å². The number of hydrogen-bond donors (Lipinski definition) is 1. The molecule has 6 heteroatoms. The van der Waals surface area contributed by atoms with Gasteiger partial charge in [0.2, 0.25) is 5.95 Å². The number of thioether (sulfide) groups is 1. The molecule has 0 spiro atoms. The molecule has 0 bridgehead atoms. The lowest BCUT2D eigenvalue weighted by atomic mass is 10.5. The summed E-state index contributed by atoms with van der Waals surface area (Å²) in [5.41, 5.74) is 0.837. The number of hydrogen-bond acceptors (Lipinski definition) is 4. The van der Waals surface area contributed by atoms with Crippen LogP contribution in [0.2, 0.25) is 0 Å². The van der Waals surface area contributed by atoms with Crippen LogP contribution in [0.3, 0.4) is 0 Å². The Hall–Kier alpha value is -0.750. The molecule has 0 aliphatic heterocycles. The average Bonchev–Trinajstić information content (AvgIpc) is 2.63. The fourth-order valence-corrected chi connectivity index (χ4v) is 1.94. The Bertz CT molecular complexity index is 456. The number of pyridine rings is 1. The van der Waals surface area contributed by atoms with Gasteiger partial charge in [-0.05, 0) is 34.3 Å². The summed E-state index contributed by atoms with van der Waals surface area (Å²) in [6, 6.07) is 3.88. The predicted molar refractivity (Wildman–Crippen MR) is 67.6 cm³/mol. The largest absolute Gasteiger partial charge is 0.352 e. The minimum atomic E-state index is 0.677. The highest BCUT2D eigenvalue weighted by atomic mass is 79.9. The maximum absolute atomic E-state index is 4.37. The summed E-state index contributed by atoms with van der Waals surface area (Å²) in [6.45, 7) is 0.885. The van der Waals surface area contributed by atoms with E-state index in [9.17, 15) is 0 Å². The van der Waals surface area contributed by atoms with Crippen molar-refractivity contribution in [3.8, 4) is 0 Å². The Kier molecular flexibility index (Phi) is 3.48. The van der Waals surface area contributed by atoms with Gasteiger partial charge in [0.1, 0.15) is 0 Å². The molecular formula is C9H11BrN4S. The van der Waals surface area contributed by atoms with E-state index in [0.717, 1.165) is 22.4 Å². The fourth-order valence-electron chi connectivity index (χ4n) is 1.21. The third kappa shape index (κ3) is 2.43. The standard InChI is InChI=1S/C9H11BrN4S/c1-15-6-4-11-9-12-8-7(10)3-2-5-14(8)13-9/h2-3,5H,4,6H2,1H3,(H,11,13). The Balaban J connectivity index is 2.20. The van der Waals surface area contributed by atoms with Gasteiger partial charge >= 0.3 is 0 Å². The van der Waals surface area contributed by atoms with Crippen LogP contribution >= 0.6 is 27.7 Å². The van der Waals surface area contributed by atoms with E-state index in [1.807, 2.05) is 18.3 Å². The zero-order valence-corrected chi connectivity index (χ0v) is 10.7. The molecule has 15 heavy (non-hydrogen) atoms. The molecule has 0 aliphatic rings. The van der Waals surface area contributed by atoms with Crippen molar-refractivity contribution in [3.63, 3.8) is 0 Å². The first-order valence-corrected chi connectivity index (χ1v) is 6.73. The Morgan fingerprint density at radius 1 is 1.60 bits per heavy atom. The highest BCUT2D eigenvalue weighted by Gasteiger charge is 2.04. The summed E-state index contributed by atoms with van der Waals surface area (Å²) in [5.74, 6) is 1.73. The third-order valence-corrected chi connectivity index (χ3v) is 3.14. The van der Waals surface area contributed by atoms with Crippen LogP contribution in [0.5, 0.6) is 0 Å². The van der Waals surface area contributed by atoms with E-state index in [1.165, 1.54) is 0 Å². The monoisotopic (exact) mass is 286 g/mol. The molecule has 0 atom stereocenters. The topological polar surface area (TPSA) is 42.2 Å². The predicted octanol–water partition coefficient (Wildman–Crippen LogP) is 2.27. The molecule has 2 aromatic heterocycles. The number of rotatable bonds is 4. The second-order valence-corrected chi connectivity index (χ2v) is 4.82. The van der Waals surface area contributed by atoms with Gasteiger partial charge in [-0.3, -0.25) is 0 Å². The number of nitrogens with zero attached hydrogens (tertiary/aromatic N) is 3. The maximum atomic E-state index is 4.37. The first-order chi connectivity index (χ1) is 7.31. The summed E-state index contributed by atoms with van der Waals surface area (Å²) >= 11 is 5.23. The van der Waals surface area contributed by atoms with Crippen molar-refractivity contribution in [2.75, 3.05) is 23.9 Å². The maximum Gasteiger partial charge on any atom is 0.243 e. The number of fused-ring (bicyclic) bond motifs is 1. The van der Waals surface area contributed by atoms with Gasteiger partial charge in [-0.15, -0.1) is 5.10 Å². The molecule has 0 amide bonds. The van der Waals surface area contributed by atoms with E-state index in [0.29, 0.717) is 5.95 Å². The minimum absolute atomic E-state index is 0.677. The molecule has 4 nitrogen and oxygen atoms in total. The molecular weight excluding hydrogens is 276 g/mol. The third-order valence-electron chi connectivity index (χ3n) is 1.90. The van der Waals surface area contributed by atoms with Gasteiger partial charge in [0.15, 0.2) is 5.65 Å². The molecule has 0 radical (unpaired) electrons. The molecule has 1 N–H and O–H groups in total. The summed E-state index contributed by atoms with van der Waals surface area (Å²) in [7, 11) is 0. The Morgan fingerprint density at radius 3 is 3.20 bits per heavy atom. The number of anilines is 1. The second-order valence-electron chi connectivity index (χ2n) is 2.98. The molecule has 0 aromatic carbocycles. The van der Waals surface area contributed by atoms with Crippen molar-refractivity contribution in [2.45, 2.75) is 0 Å². The van der Waals surface area contributed by atoms with Crippen LogP contribution in [0.4, 0.5) is 5.95 Å². The van der Waals surface area contributed by atoms with Gasteiger partial charge in [0, 0.05) is 18.5 Å². The van der Waals surface area contributed by atoms with Gasteiger partial charge in [-0.1, -0.05) is 0 Å². The smallest absolute Gasteiger partial charge is 0.243 e. The van der Waals surface area contributed by atoms with E-state index in [2.05, 4.69) is 37.6 Å². The molecule has 0 aliphatic carbocycles. The summed E-state index contributed by atoms with van der Waals surface area (Å²) in [4.78, 5) is 4.37. The van der Waals surface area contributed by atoms with Crippen LogP contribution in [0.1, 0.15) is 0 Å². The molecule has 0 fully saturated rings. The van der Waals surface area contributed by atoms with Crippen LogP contribution in [-0.4, -0.2) is 33.2 Å². The van der Waals surface area contributed by atoms with Crippen LogP contribution in [0, 0.1) is 0 Å². The first kappa shape index (κ1) is 10.8. The minimum Gasteiger partial charge on any atom is -0.352 e. The van der Waals surface area contributed by atoms with Crippen molar-refractivity contribution < 1.29 is 0 Å². The van der Waals surface area contributed by atoms with E-state index >= 15 is 0 Å². The highest BCUT2D eigenvalue weighted by molar-refractivity contribution is 9.10. The van der Waals surface area contributed by atoms with Gasteiger partial charge in [-0.2, -0.15) is 16.7 Å². The van der Waals surface area contributed by atoms with Gasteiger partial charge in [0.05, 0.1) is 4.47 Å². The fraction of sp³-hybridized carbons (Fsp3) is 0.333. The lowest BCUT2D eigenvalue weighted by molar-refractivity contribution is 0.954. The zero-order chi connectivity index (χ0) is 10.7. The average molecular weight is 287 g/mol. The van der Waals surface area contributed by atoms with Gasteiger partial charge in [0.25, 0.3) is 0 Å². The highest BCUT2D eigenvalue weighted by Crippen LogP contribution is 2.16. The van der Waals surface area contributed by atoms with E-state index < -0.39 is 0 Å². The zero-order valence-electron chi connectivity index (χ0n) is 8.27. The molecule has 0 saturated carbocycles. The van der Waals surface area contributed by atoms with E-state index in [4.69, 9.17) is 0 Å². The number of halogens is 1. The van der Waals surface area contributed by atoms with Crippen molar-refractivity contribution in [1.82, 2.24) is 14.6 Å². The molecule has 2 aromatic rings. The second kappa shape index (κ2) is 4.85. The van der Waals surface area contributed by atoms with Crippen molar-refractivity contribution in [3.05, 3.63) is 22.8 Å². The molecule has 80 valence electrons. The van der Waals surface area contributed by atoms with Crippen molar-refractivity contribution in [1.29, 1.82) is 0 Å². The quantitative estimate of drug-likeness (QED) is 0.876. The molecule has 0 unspecified atom stereocenters. The van der Waals surface area contributed by atoms with Crippen LogP contribution < -0.4 is 5.32 Å². The van der Waals surface area contributed by atoms with Crippen molar-refractivity contribution in [2.24, 2.45) is 0 Å². The molecule has 0 saturated heterocycles. The van der Waals surface area contributed by atoms with Gasteiger partial charge < -0.3 is 5.32 Å². The summed E-state index contributed by atoms with van der Waals surface area (Å²) in [5, 5.41) is 7.48. The SMILES string of the molecule is CSCCNc1nc2c(Br)cccn2n1. The lowest BCUT2D eigenvalue weighted by Crippen LogP contribution is -2.05. The number of aromatic nitrogens is 3. The summed E-state index contributed by atoms with van der Waals surface area (Å²) in [6.07, 6.45) is 3.96. The molecule has 2 rings (SSSR count). The number of nitrogens with one attached hydrogen (secondary N) is 1. The van der Waals surface area contributed by atoms with Gasteiger partial charge in [-0.25, -0.2) is 4.52 Å². The van der Waals surface area contributed by atoms with E-state index in [-0.39, 0.29) is 0 Å². The van der Waals surface area contributed by atoms with Crippen molar-refractivity contribution >= 4 is 39.3 Å².